The van der Waals surface area contributed by atoms with Crippen LogP contribution in [-0.4, -0.2) is 45.1 Å². The van der Waals surface area contributed by atoms with E-state index in [0.29, 0.717) is 6.29 Å². The van der Waals surface area contributed by atoms with Gasteiger partial charge in [-0.3, -0.25) is 4.52 Å². The number of rotatable bonds is 6. The maximum atomic E-state index is 10.1. The number of aliphatic hydroxyl groups excluding tert-OH is 2. The highest BCUT2D eigenvalue weighted by atomic mass is 31.2. The Morgan fingerprint density at radius 3 is 2.23 bits per heavy atom. The molecule has 8 heteroatoms. The fourth-order valence-electron chi connectivity index (χ4n) is 0.540. The third kappa shape index (κ3) is 6.83. The third-order valence-electron chi connectivity index (χ3n) is 1.20. The largest absolute Gasteiger partial charge is 0.469 e. The van der Waals surface area contributed by atoms with Crippen LogP contribution in [0.5, 0.6) is 0 Å². The molecule has 2 atom stereocenters. The van der Waals surface area contributed by atoms with Crippen molar-refractivity contribution in [3.63, 3.8) is 0 Å². The average molecular weight is 214 g/mol. The third-order valence-corrected chi connectivity index (χ3v) is 1.68. The lowest BCUT2D eigenvalue weighted by Crippen LogP contribution is -2.30. The molecule has 7 nitrogen and oxygen atoms in total. The molecular weight excluding hydrogens is 203 g/mol. The number of hydrogen-bond donors (Lipinski definition) is 4. The van der Waals surface area contributed by atoms with E-state index in [1.807, 2.05) is 0 Å². The van der Waals surface area contributed by atoms with Gasteiger partial charge in [0, 0.05) is 6.42 Å². The summed E-state index contributed by atoms with van der Waals surface area (Å²) in [5.41, 5.74) is 0. The Morgan fingerprint density at radius 1 is 1.31 bits per heavy atom. The number of phosphoric acid groups is 1. The summed E-state index contributed by atoms with van der Waals surface area (Å²) in [5.74, 6) is 0. The van der Waals surface area contributed by atoms with Crippen LogP contribution >= 0.6 is 7.82 Å². The molecule has 13 heavy (non-hydrogen) atoms. The minimum Gasteiger partial charge on any atom is -0.390 e. The predicted octanol–water partition coefficient (Wildman–Crippen LogP) is -1.59. The van der Waals surface area contributed by atoms with E-state index in [-0.39, 0.29) is 6.42 Å². The van der Waals surface area contributed by atoms with Gasteiger partial charge in [-0.05, 0) is 0 Å². The Balaban J connectivity index is 3.80. The number of hydrogen-bond acceptors (Lipinski definition) is 5. The second-order valence-corrected chi connectivity index (χ2v) is 3.56. The lowest BCUT2D eigenvalue weighted by atomic mass is 10.2. The van der Waals surface area contributed by atoms with Crippen LogP contribution in [0.25, 0.3) is 0 Å². The molecule has 0 aromatic rings. The zero-order valence-corrected chi connectivity index (χ0v) is 7.50. The first kappa shape index (κ1) is 12.7. The molecule has 4 N–H and O–H groups in total. The Bertz CT molecular complexity index is 199. The van der Waals surface area contributed by atoms with Crippen LogP contribution in [0.15, 0.2) is 0 Å². The van der Waals surface area contributed by atoms with Gasteiger partial charge in [0.05, 0.1) is 12.7 Å². The summed E-state index contributed by atoms with van der Waals surface area (Å²) >= 11 is 0. The molecular formula is C5H11O7P. The highest BCUT2D eigenvalue weighted by Crippen LogP contribution is 2.35. The second-order valence-electron chi connectivity index (χ2n) is 2.32. The molecule has 0 aromatic heterocycles. The van der Waals surface area contributed by atoms with Gasteiger partial charge in [0.2, 0.25) is 0 Å². The Kier molecular flexibility index (Phi) is 5.31. The van der Waals surface area contributed by atoms with Crippen LogP contribution in [-0.2, 0) is 13.9 Å². The first-order chi connectivity index (χ1) is 5.87. The van der Waals surface area contributed by atoms with Crippen LogP contribution in [0.4, 0.5) is 0 Å². The molecule has 78 valence electrons. The van der Waals surface area contributed by atoms with Gasteiger partial charge in [-0.1, -0.05) is 0 Å². The highest BCUT2D eigenvalue weighted by molar-refractivity contribution is 7.46. The van der Waals surface area contributed by atoms with Crippen molar-refractivity contribution in [1.29, 1.82) is 0 Å². The highest BCUT2D eigenvalue weighted by Gasteiger charge is 2.21. The van der Waals surface area contributed by atoms with E-state index in [9.17, 15) is 9.36 Å². The number of carbonyl (C=O) groups is 1. The molecule has 0 heterocycles. The molecule has 0 rings (SSSR count). The minimum absolute atomic E-state index is 0.314. The number of carbonyl (C=O) groups excluding carboxylic acids is 1. The molecule has 0 fully saturated rings. The molecule has 0 aliphatic rings. The van der Waals surface area contributed by atoms with E-state index >= 15 is 0 Å². The van der Waals surface area contributed by atoms with E-state index in [0.717, 1.165) is 0 Å². The van der Waals surface area contributed by atoms with Crippen LogP contribution in [0.2, 0.25) is 0 Å². The van der Waals surface area contributed by atoms with Crippen molar-refractivity contribution in [3.8, 4) is 0 Å². The molecule has 0 saturated heterocycles. The summed E-state index contributed by atoms with van der Waals surface area (Å²) in [4.78, 5) is 26.3. The Morgan fingerprint density at radius 2 is 1.85 bits per heavy atom. The first-order valence-electron chi connectivity index (χ1n) is 3.36. The van der Waals surface area contributed by atoms with Gasteiger partial charge in [-0.25, -0.2) is 4.57 Å². The minimum atomic E-state index is -4.64. The molecule has 0 bridgehead atoms. The smallest absolute Gasteiger partial charge is 0.390 e. The number of aliphatic hydroxyl groups is 2. The zero-order chi connectivity index (χ0) is 10.5. The Labute approximate surface area is 74.2 Å². The fraction of sp³-hybridized carbons (Fsp3) is 0.800. The summed E-state index contributed by atoms with van der Waals surface area (Å²) in [5, 5.41) is 17.8. The lowest BCUT2D eigenvalue weighted by molar-refractivity contribution is -0.111. The van der Waals surface area contributed by atoms with Crippen molar-refractivity contribution in [1.82, 2.24) is 0 Å². The van der Waals surface area contributed by atoms with Gasteiger partial charge in [0.1, 0.15) is 12.4 Å². The van der Waals surface area contributed by atoms with Gasteiger partial charge in [0.25, 0.3) is 0 Å². The molecule has 0 aromatic carbocycles. The molecule has 0 saturated carbocycles. The molecule has 0 aliphatic carbocycles. The number of phosphoric ester groups is 1. The van der Waals surface area contributed by atoms with Gasteiger partial charge in [0.15, 0.2) is 0 Å². The monoisotopic (exact) mass is 214 g/mol. The average Bonchev–Trinajstić information content (AvgIpc) is 1.99. The van der Waals surface area contributed by atoms with E-state index < -0.39 is 26.6 Å². The van der Waals surface area contributed by atoms with Crippen LogP contribution in [0.1, 0.15) is 6.42 Å². The van der Waals surface area contributed by atoms with Crippen molar-refractivity contribution < 1.29 is 33.9 Å². The van der Waals surface area contributed by atoms with Crippen molar-refractivity contribution in [2.75, 3.05) is 6.61 Å². The SMILES string of the molecule is O=CC[C@H](O)[C@H](O)COP(=O)(O)O. The first-order valence-corrected chi connectivity index (χ1v) is 4.89. The van der Waals surface area contributed by atoms with E-state index in [2.05, 4.69) is 4.52 Å². The van der Waals surface area contributed by atoms with Gasteiger partial charge in [-0.15, -0.1) is 0 Å². The summed E-state index contributed by atoms with van der Waals surface area (Å²) < 4.78 is 14.0. The lowest BCUT2D eigenvalue weighted by Gasteiger charge is -2.15. The van der Waals surface area contributed by atoms with Crippen LogP contribution in [0.3, 0.4) is 0 Å². The van der Waals surface area contributed by atoms with Crippen molar-refractivity contribution in [2.24, 2.45) is 0 Å². The second kappa shape index (κ2) is 5.43. The van der Waals surface area contributed by atoms with Gasteiger partial charge < -0.3 is 24.8 Å². The Hall–Kier alpha value is -0.300. The van der Waals surface area contributed by atoms with Crippen LogP contribution < -0.4 is 0 Å². The maximum Gasteiger partial charge on any atom is 0.469 e. The quantitative estimate of drug-likeness (QED) is 0.310. The maximum absolute atomic E-state index is 10.1. The van der Waals surface area contributed by atoms with Gasteiger partial charge in [-0.2, -0.15) is 0 Å². The van der Waals surface area contributed by atoms with E-state index in [4.69, 9.17) is 20.0 Å². The summed E-state index contributed by atoms with van der Waals surface area (Å²) in [6.45, 7) is -0.723. The fourth-order valence-corrected chi connectivity index (χ4v) is 0.887. The molecule has 0 aliphatic heterocycles. The van der Waals surface area contributed by atoms with E-state index in [1.54, 1.807) is 0 Å². The van der Waals surface area contributed by atoms with Crippen molar-refractivity contribution in [2.45, 2.75) is 18.6 Å². The standard InChI is InChI=1S/C5H11O7P/c6-2-1-4(7)5(8)3-12-13(9,10)11/h2,4-5,7-8H,1,3H2,(H2,9,10,11)/t4-,5+/m0/s1. The zero-order valence-electron chi connectivity index (χ0n) is 6.61. The number of aldehydes is 1. The topological polar surface area (TPSA) is 124 Å². The van der Waals surface area contributed by atoms with Gasteiger partial charge >= 0.3 is 7.82 Å². The predicted molar refractivity (Wildman–Crippen MR) is 40.7 cm³/mol. The molecule has 0 amide bonds. The molecule has 0 radical (unpaired) electrons. The van der Waals surface area contributed by atoms with E-state index in [1.165, 1.54) is 0 Å². The van der Waals surface area contributed by atoms with Crippen molar-refractivity contribution in [3.05, 3.63) is 0 Å². The van der Waals surface area contributed by atoms with Crippen molar-refractivity contribution >= 4 is 14.1 Å². The molecule has 0 spiro atoms. The summed E-state index contributed by atoms with van der Waals surface area (Å²) in [7, 11) is -4.64. The molecule has 0 unspecified atom stereocenters. The summed E-state index contributed by atoms with van der Waals surface area (Å²) in [6, 6.07) is 0. The van der Waals surface area contributed by atoms with Crippen LogP contribution in [0, 0.1) is 0 Å². The summed E-state index contributed by atoms with van der Waals surface area (Å²) in [6.07, 6.45) is -2.79. The normalized spacial score (nSPS) is 16.6.